The first-order valence-corrected chi connectivity index (χ1v) is 12.7. The maximum Gasteiger partial charge on any atom is 0.303 e. The molecule has 0 radical (unpaired) electrons. The number of aliphatic hydroxyl groups is 1. The molecule has 0 spiro atoms. The summed E-state index contributed by atoms with van der Waals surface area (Å²) in [5.74, 6) is -4.90. The van der Waals surface area contributed by atoms with Gasteiger partial charge < -0.3 is 33.5 Å². The Kier molecular flexibility index (Phi) is 10.1. The molecule has 1 fully saturated rings. The van der Waals surface area contributed by atoms with Crippen LogP contribution in [-0.4, -0.2) is 60.0 Å². The molecule has 39 heavy (non-hydrogen) atoms. The molecule has 3 rings (SSSR count). The lowest BCUT2D eigenvalue weighted by Gasteiger charge is -2.48. The number of rotatable bonds is 9. The molecule has 2 aromatic rings. The average molecular weight is 609 g/mol. The molecule has 0 unspecified atom stereocenters. The van der Waals surface area contributed by atoms with Crippen molar-refractivity contribution >= 4 is 39.8 Å². The Morgan fingerprint density at radius 1 is 0.872 bits per heavy atom. The lowest BCUT2D eigenvalue weighted by molar-refractivity contribution is -0.360. The van der Waals surface area contributed by atoms with E-state index < -0.39 is 60.7 Å². The molecule has 0 aromatic heterocycles. The second kappa shape index (κ2) is 13.0. The van der Waals surface area contributed by atoms with Gasteiger partial charge in [-0.25, -0.2) is 0 Å². The number of carbonyl (C=O) groups is 4. The van der Waals surface area contributed by atoms with Crippen molar-refractivity contribution in [2.45, 2.75) is 64.5 Å². The zero-order valence-electron chi connectivity index (χ0n) is 21.8. The Labute approximate surface area is 233 Å². The molecule has 0 bridgehead atoms. The van der Waals surface area contributed by atoms with Crippen LogP contribution in [0.3, 0.4) is 0 Å². The fraction of sp³-hybridized carbons (Fsp3) is 0.407. The van der Waals surface area contributed by atoms with Gasteiger partial charge in [0, 0.05) is 43.3 Å². The average Bonchev–Trinajstić information content (AvgIpc) is 2.86. The second-order valence-corrected chi connectivity index (χ2v) is 9.60. The summed E-state index contributed by atoms with van der Waals surface area (Å²) in [5, 5.41) is 12.0. The first-order valence-electron chi connectivity index (χ1n) is 11.9. The third kappa shape index (κ3) is 7.78. The molecule has 0 amide bonds. The number of ether oxygens (including phenoxy) is 6. The number of para-hydroxylation sites is 1. The molecule has 2 aromatic carbocycles. The molecule has 210 valence electrons. The van der Waals surface area contributed by atoms with E-state index in [1.54, 1.807) is 24.3 Å². The first-order chi connectivity index (χ1) is 18.4. The van der Waals surface area contributed by atoms with Crippen LogP contribution in [0.5, 0.6) is 5.75 Å². The molecule has 0 aliphatic carbocycles. The summed E-state index contributed by atoms with van der Waals surface area (Å²) in [6, 6.07) is 13.8. The van der Waals surface area contributed by atoms with Gasteiger partial charge in [-0.1, -0.05) is 40.2 Å². The van der Waals surface area contributed by atoms with E-state index in [-0.39, 0.29) is 12.2 Å². The molecule has 1 heterocycles. The fourth-order valence-corrected chi connectivity index (χ4v) is 4.46. The van der Waals surface area contributed by atoms with E-state index in [0.29, 0.717) is 15.8 Å². The van der Waals surface area contributed by atoms with Crippen molar-refractivity contribution in [2.75, 3.05) is 6.61 Å². The Hall–Kier alpha value is -3.48. The van der Waals surface area contributed by atoms with Crippen molar-refractivity contribution in [3.05, 3.63) is 64.1 Å². The van der Waals surface area contributed by atoms with Crippen LogP contribution in [0.15, 0.2) is 53.0 Å². The maximum atomic E-state index is 12.1. The zero-order valence-corrected chi connectivity index (χ0v) is 23.3. The van der Waals surface area contributed by atoms with E-state index in [0.717, 1.165) is 27.7 Å². The van der Waals surface area contributed by atoms with E-state index >= 15 is 0 Å². The molecule has 1 saturated heterocycles. The van der Waals surface area contributed by atoms with E-state index in [9.17, 15) is 24.3 Å². The summed E-state index contributed by atoms with van der Waals surface area (Å²) in [7, 11) is 0. The van der Waals surface area contributed by atoms with Gasteiger partial charge in [0.25, 0.3) is 0 Å². The minimum atomic E-state index is -2.44. The van der Waals surface area contributed by atoms with Crippen molar-refractivity contribution in [2.24, 2.45) is 0 Å². The lowest BCUT2D eigenvalue weighted by Crippen LogP contribution is -2.66. The van der Waals surface area contributed by atoms with Crippen molar-refractivity contribution in [3.63, 3.8) is 0 Å². The van der Waals surface area contributed by atoms with E-state index in [1.807, 2.05) is 18.2 Å². The monoisotopic (exact) mass is 608 g/mol. The highest BCUT2D eigenvalue weighted by molar-refractivity contribution is 9.10. The summed E-state index contributed by atoms with van der Waals surface area (Å²) >= 11 is 3.46. The topological polar surface area (TPSA) is 144 Å². The molecule has 11 nitrogen and oxygen atoms in total. The number of halogens is 1. The van der Waals surface area contributed by atoms with Crippen LogP contribution >= 0.6 is 15.9 Å². The van der Waals surface area contributed by atoms with Gasteiger partial charge in [-0.15, -0.1) is 0 Å². The Balaban J connectivity index is 2.09. The Bertz CT molecular complexity index is 1200. The van der Waals surface area contributed by atoms with Crippen LogP contribution < -0.4 is 4.74 Å². The Morgan fingerprint density at radius 3 is 2.08 bits per heavy atom. The van der Waals surface area contributed by atoms with Gasteiger partial charge >= 0.3 is 23.9 Å². The van der Waals surface area contributed by atoms with Crippen molar-refractivity contribution in [1.29, 1.82) is 0 Å². The number of benzene rings is 2. The molecule has 1 aliphatic heterocycles. The summed E-state index contributed by atoms with van der Waals surface area (Å²) in [6.07, 6.45) is -5.92. The van der Waals surface area contributed by atoms with E-state index in [1.165, 1.54) is 6.07 Å². The van der Waals surface area contributed by atoms with Gasteiger partial charge in [-0.3, -0.25) is 19.2 Å². The first kappa shape index (κ1) is 30.1. The number of hydrogen-bond acceptors (Lipinski definition) is 11. The van der Waals surface area contributed by atoms with Crippen LogP contribution in [0.1, 0.15) is 38.8 Å². The molecule has 12 heteroatoms. The lowest BCUT2D eigenvalue weighted by atomic mass is 9.87. The normalized spacial score (nSPS) is 24.3. The minimum absolute atomic E-state index is 0.0903. The number of carbonyl (C=O) groups excluding carboxylic acids is 4. The van der Waals surface area contributed by atoms with Crippen molar-refractivity contribution in [1.82, 2.24) is 0 Å². The Morgan fingerprint density at radius 2 is 1.49 bits per heavy atom. The van der Waals surface area contributed by atoms with Gasteiger partial charge in [0.05, 0.1) is 0 Å². The summed E-state index contributed by atoms with van der Waals surface area (Å²) < 4.78 is 33.8. The molecule has 1 N–H and O–H groups in total. The van der Waals surface area contributed by atoms with Gasteiger partial charge in [-0.2, -0.15) is 0 Å². The van der Waals surface area contributed by atoms with Gasteiger partial charge in [-0.05, 0) is 24.3 Å². The van der Waals surface area contributed by atoms with Crippen LogP contribution in [-0.2, 0) is 55.3 Å². The van der Waals surface area contributed by atoms with Crippen LogP contribution in [0.2, 0.25) is 0 Å². The molecular formula is C27H29BrO11. The van der Waals surface area contributed by atoms with Gasteiger partial charge in [0.15, 0.2) is 12.2 Å². The third-order valence-corrected chi connectivity index (χ3v) is 6.42. The van der Waals surface area contributed by atoms with Crippen molar-refractivity contribution < 1.29 is 52.7 Å². The van der Waals surface area contributed by atoms with Crippen LogP contribution in [0, 0.1) is 0 Å². The summed E-state index contributed by atoms with van der Waals surface area (Å²) in [5.41, 5.74) is 0.701. The molecule has 5 atom stereocenters. The van der Waals surface area contributed by atoms with Crippen LogP contribution in [0.4, 0.5) is 0 Å². The quantitative estimate of drug-likeness (QED) is 0.331. The SMILES string of the molecule is CC(=O)OC[C@H]1O[C@](O)(c2ccc(Br)c(COc3ccccc3)c2)[C@H](OC(C)=O)[C@@H](OC(C)=O)[C@@H]1OC(C)=O. The second-order valence-electron chi connectivity index (χ2n) is 8.74. The minimum Gasteiger partial charge on any atom is -0.489 e. The van der Waals surface area contributed by atoms with Gasteiger partial charge in [0.2, 0.25) is 11.9 Å². The van der Waals surface area contributed by atoms with E-state index in [4.69, 9.17) is 28.4 Å². The number of hydrogen-bond donors (Lipinski definition) is 1. The predicted octanol–water partition coefficient (Wildman–Crippen LogP) is 2.93. The standard InChI is InChI=1S/C27H29BrO11/c1-15(29)34-14-23-24(36-16(2)30)25(37-17(3)31)26(38-18(4)32)27(33,39-23)20-10-11-22(28)19(12-20)13-35-21-8-6-5-7-9-21/h5-12,23-26,33H,13-14H2,1-4H3/t23-,24-,25+,26-,27-/m1/s1. The summed E-state index contributed by atoms with van der Waals surface area (Å²) in [6.45, 7) is 4.09. The highest BCUT2D eigenvalue weighted by atomic mass is 79.9. The third-order valence-electron chi connectivity index (χ3n) is 5.65. The molecular weight excluding hydrogens is 580 g/mol. The smallest absolute Gasteiger partial charge is 0.303 e. The number of esters is 4. The van der Waals surface area contributed by atoms with E-state index in [2.05, 4.69) is 15.9 Å². The fourth-order valence-electron chi connectivity index (χ4n) is 4.10. The maximum absolute atomic E-state index is 12.1. The summed E-state index contributed by atoms with van der Waals surface area (Å²) in [4.78, 5) is 47.7. The highest BCUT2D eigenvalue weighted by Crippen LogP contribution is 2.42. The zero-order chi connectivity index (χ0) is 28.7. The largest absolute Gasteiger partial charge is 0.489 e. The van der Waals surface area contributed by atoms with Crippen LogP contribution in [0.25, 0.3) is 0 Å². The highest BCUT2D eigenvalue weighted by Gasteiger charge is 2.60. The van der Waals surface area contributed by atoms with Gasteiger partial charge in [0.1, 0.15) is 25.1 Å². The molecule has 1 aliphatic rings. The predicted molar refractivity (Wildman–Crippen MR) is 137 cm³/mol. The molecule has 0 saturated carbocycles. The van der Waals surface area contributed by atoms with Crippen molar-refractivity contribution in [3.8, 4) is 5.75 Å².